The lowest BCUT2D eigenvalue weighted by Gasteiger charge is -2.29. The third-order valence-electron chi connectivity index (χ3n) is 3.57. The molecular formula is C15H17BrN2O. The van der Waals surface area contributed by atoms with Crippen molar-refractivity contribution in [1.29, 1.82) is 0 Å². The van der Waals surface area contributed by atoms with E-state index in [2.05, 4.69) is 58.1 Å². The molecule has 3 rings (SSSR count). The first-order valence-corrected chi connectivity index (χ1v) is 7.28. The second kappa shape index (κ2) is 4.93. The molecule has 1 aliphatic rings. The minimum atomic E-state index is 0.283. The predicted octanol–water partition coefficient (Wildman–Crippen LogP) is 3.93. The summed E-state index contributed by atoms with van der Waals surface area (Å²) in [6, 6.07) is 10.7. The third-order valence-corrected chi connectivity index (χ3v) is 4.06. The lowest BCUT2D eigenvalue weighted by Crippen LogP contribution is -2.27. The Morgan fingerprint density at radius 2 is 1.95 bits per heavy atom. The van der Waals surface area contributed by atoms with Crippen molar-refractivity contribution in [2.75, 3.05) is 12.0 Å². The molecule has 1 unspecified atom stereocenters. The van der Waals surface area contributed by atoms with Gasteiger partial charge < -0.3 is 10.2 Å². The molecule has 1 N–H and O–H groups in total. The van der Waals surface area contributed by atoms with Crippen molar-refractivity contribution in [3.63, 3.8) is 0 Å². The number of aryl methyl sites for hydroxylation is 2. The molecule has 100 valence electrons. The molecule has 0 radical (unpaired) electrons. The third kappa shape index (κ3) is 2.37. The topological polar surface area (TPSA) is 26.2 Å². The number of halogens is 1. The normalized spacial score (nSPS) is 17.7. The number of hydrogen-bond acceptors (Lipinski definition) is 2. The summed E-state index contributed by atoms with van der Waals surface area (Å²) in [6.45, 7) is 4.98. The van der Waals surface area contributed by atoms with Crippen LogP contribution in [0.15, 0.2) is 34.8 Å². The van der Waals surface area contributed by atoms with E-state index in [4.69, 9.17) is 4.74 Å². The molecular weight excluding hydrogens is 304 g/mol. The first kappa shape index (κ1) is 12.6. The van der Waals surface area contributed by atoms with Crippen molar-refractivity contribution in [2.24, 2.45) is 0 Å². The minimum absolute atomic E-state index is 0.283. The molecule has 0 amide bonds. The van der Waals surface area contributed by atoms with Crippen LogP contribution in [0.4, 0.5) is 0 Å². The smallest absolute Gasteiger partial charge is 0.124 e. The van der Waals surface area contributed by atoms with Crippen molar-refractivity contribution in [3.8, 4) is 5.75 Å². The molecule has 4 heteroatoms. The molecule has 2 aromatic rings. The predicted molar refractivity (Wildman–Crippen MR) is 80.3 cm³/mol. The van der Waals surface area contributed by atoms with Gasteiger partial charge in [0, 0.05) is 27.8 Å². The highest BCUT2D eigenvalue weighted by Gasteiger charge is 2.22. The zero-order valence-corrected chi connectivity index (χ0v) is 12.7. The number of fused-ring (bicyclic) bond motifs is 1. The Morgan fingerprint density at radius 1 is 1.21 bits per heavy atom. The molecule has 19 heavy (non-hydrogen) atoms. The average Bonchev–Trinajstić information content (AvgIpc) is 2.71. The van der Waals surface area contributed by atoms with Crippen LogP contribution < -0.4 is 10.2 Å². The number of aromatic nitrogens is 1. The summed E-state index contributed by atoms with van der Waals surface area (Å²) in [7, 11) is 0. The average molecular weight is 321 g/mol. The molecule has 3 nitrogen and oxygen atoms in total. The second-order valence-corrected chi connectivity index (χ2v) is 5.87. The van der Waals surface area contributed by atoms with Crippen molar-refractivity contribution in [3.05, 3.63) is 51.8 Å². The number of nitrogens with one attached hydrogen (secondary N) is 1. The van der Waals surface area contributed by atoms with E-state index in [0.29, 0.717) is 0 Å². The Balaban J connectivity index is 1.94. The molecule has 1 atom stereocenters. The molecule has 2 heterocycles. The molecule has 1 aliphatic heterocycles. The fraction of sp³-hybridized carbons (Fsp3) is 0.333. The largest absolute Gasteiger partial charge is 0.493 e. The van der Waals surface area contributed by atoms with Gasteiger partial charge in [-0.2, -0.15) is 0 Å². The van der Waals surface area contributed by atoms with Crippen LogP contribution >= 0.6 is 15.9 Å². The number of hydrogen-bond donors (Lipinski definition) is 1. The van der Waals surface area contributed by atoms with Gasteiger partial charge in [0.1, 0.15) is 5.75 Å². The lowest BCUT2D eigenvalue weighted by atomic mass is 10.0. The van der Waals surface area contributed by atoms with Gasteiger partial charge in [-0.25, -0.2) is 0 Å². The number of benzene rings is 1. The van der Waals surface area contributed by atoms with Crippen LogP contribution in [0.3, 0.4) is 0 Å². The Hall–Kier alpha value is -1.42. The lowest BCUT2D eigenvalue weighted by molar-refractivity contribution is 0.269. The summed E-state index contributed by atoms with van der Waals surface area (Å²) >= 11 is 3.53. The maximum atomic E-state index is 5.72. The van der Waals surface area contributed by atoms with E-state index in [1.165, 1.54) is 17.0 Å². The zero-order chi connectivity index (χ0) is 13.4. The van der Waals surface area contributed by atoms with E-state index in [0.717, 1.165) is 23.2 Å². The van der Waals surface area contributed by atoms with Crippen molar-refractivity contribution in [2.45, 2.75) is 26.3 Å². The van der Waals surface area contributed by atoms with Crippen LogP contribution in [-0.2, 0) is 0 Å². The van der Waals surface area contributed by atoms with Gasteiger partial charge in [-0.1, -0.05) is 15.9 Å². The molecule has 0 bridgehead atoms. The van der Waals surface area contributed by atoms with Gasteiger partial charge in [0.25, 0.3) is 0 Å². The summed E-state index contributed by atoms with van der Waals surface area (Å²) in [4.78, 5) is 0. The highest BCUT2D eigenvalue weighted by molar-refractivity contribution is 9.10. The first-order valence-electron chi connectivity index (χ1n) is 6.49. The van der Waals surface area contributed by atoms with Crippen LogP contribution in [0.1, 0.15) is 29.4 Å². The fourth-order valence-electron chi connectivity index (χ4n) is 2.53. The van der Waals surface area contributed by atoms with Crippen LogP contribution in [0.5, 0.6) is 5.75 Å². The monoisotopic (exact) mass is 320 g/mol. The summed E-state index contributed by atoms with van der Waals surface area (Å²) in [5.41, 5.74) is 7.26. The Bertz CT molecular complexity index is 587. The van der Waals surface area contributed by atoms with Crippen molar-refractivity contribution in [1.82, 2.24) is 4.68 Å². The number of rotatable bonds is 2. The summed E-state index contributed by atoms with van der Waals surface area (Å²) < 4.78 is 8.96. The minimum Gasteiger partial charge on any atom is -0.493 e. The number of nitrogens with zero attached hydrogens (tertiary/aromatic N) is 1. The Morgan fingerprint density at radius 3 is 2.68 bits per heavy atom. The van der Waals surface area contributed by atoms with Gasteiger partial charge in [-0.3, -0.25) is 4.68 Å². The molecule has 0 saturated heterocycles. The molecule has 1 aromatic heterocycles. The van der Waals surface area contributed by atoms with Crippen LogP contribution in [-0.4, -0.2) is 11.3 Å². The van der Waals surface area contributed by atoms with Crippen LogP contribution in [0, 0.1) is 13.8 Å². The van der Waals surface area contributed by atoms with Crippen LogP contribution in [0.25, 0.3) is 0 Å². The van der Waals surface area contributed by atoms with Gasteiger partial charge in [0.05, 0.1) is 12.6 Å². The molecule has 0 saturated carbocycles. The molecule has 1 aromatic carbocycles. The van der Waals surface area contributed by atoms with Gasteiger partial charge in [0.2, 0.25) is 0 Å². The molecule has 0 fully saturated rings. The van der Waals surface area contributed by atoms with Crippen LogP contribution in [0.2, 0.25) is 0 Å². The molecule has 0 spiro atoms. The first-order chi connectivity index (χ1) is 9.15. The fourth-order valence-corrected chi connectivity index (χ4v) is 2.91. The van der Waals surface area contributed by atoms with E-state index in [1.54, 1.807) is 0 Å². The highest BCUT2D eigenvalue weighted by Crippen LogP contribution is 2.34. The summed E-state index contributed by atoms with van der Waals surface area (Å²) in [5.74, 6) is 0.981. The zero-order valence-electron chi connectivity index (χ0n) is 11.1. The van der Waals surface area contributed by atoms with Gasteiger partial charge in [-0.15, -0.1) is 0 Å². The molecule has 0 aliphatic carbocycles. The summed E-state index contributed by atoms with van der Waals surface area (Å²) in [6.07, 6.45) is 0.973. The SMILES string of the molecule is Cc1ccc(C)n1NC1CCOc2ccc(Br)cc21. The van der Waals surface area contributed by atoms with E-state index >= 15 is 0 Å². The van der Waals surface area contributed by atoms with E-state index in [9.17, 15) is 0 Å². The summed E-state index contributed by atoms with van der Waals surface area (Å²) in [5, 5.41) is 0. The van der Waals surface area contributed by atoms with Gasteiger partial charge >= 0.3 is 0 Å². The maximum Gasteiger partial charge on any atom is 0.124 e. The van der Waals surface area contributed by atoms with E-state index < -0.39 is 0 Å². The number of ether oxygens (including phenoxy) is 1. The quantitative estimate of drug-likeness (QED) is 0.907. The highest BCUT2D eigenvalue weighted by atomic mass is 79.9. The van der Waals surface area contributed by atoms with E-state index in [1.807, 2.05) is 12.1 Å². The Kier molecular flexibility index (Phi) is 3.27. The van der Waals surface area contributed by atoms with Gasteiger partial charge in [0.15, 0.2) is 0 Å². The van der Waals surface area contributed by atoms with Crippen molar-refractivity contribution < 1.29 is 4.74 Å². The van der Waals surface area contributed by atoms with E-state index in [-0.39, 0.29) is 6.04 Å². The van der Waals surface area contributed by atoms with Crippen molar-refractivity contribution >= 4 is 15.9 Å². The second-order valence-electron chi connectivity index (χ2n) is 4.95. The Labute approximate surface area is 121 Å². The maximum absolute atomic E-state index is 5.72. The van der Waals surface area contributed by atoms with Gasteiger partial charge in [-0.05, 0) is 44.2 Å². The standard InChI is InChI=1S/C15H17BrN2O/c1-10-3-4-11(2)18(10)17-14-7-8-19-15-6-5-12(16)9-13(14)15/h3-6,9,14,17H,7-8H2,1-2H3.